The van der Waals surface area contributed by atoms with Crippen molar-refractivity contribution >= 4 is 49.1 Å². The number of hydrogen-bond acceptors (Lipinski definition) is 6. The summed E-state index contributed by atoms with van der Waals surface area (Å²) in [6, 6.07) is 19.2. The summed E-state index contributed by atoms with van der Waals surface area (Å²) in [4.78, 5) is 39.9. The van der Waals surface area contributed by atoms with E-state index in [0.717, 1.165) is 32.2 Å². The Labute approximate surface area is 248 Å². The molecule has 0 spiro atoms. The van der Waals surface area contributed by atoms with Gasteiger partial charge in [0.2, 0.25) is 21.8 Å². The average Bonchev–Trinajstić information content (AvgIpc) is 2.89. The predicted octanol–water partition coefficient (Wildman–Crippen LogP) is 4.60. The number of carbonyl (C=O) groups excluding carboxylic acids is 2. The molecule has 0 aromatic heterocycles. The monoisotopic (exact) mass is 644 g/mol. The zero-order valence-corrected chi connectivity index (χ0v) is 25.7. The zero-order valence-electron chi connectivity index (χ0n) is 23.3. The summed E-state index contributed by atoms with van der Waals surface area (Å²) < 4.78 is 27.6. The number of nitrogens with zero attached hydrogens (tertiary/aromatic N) is 3. The standard InChI is InChI=1S/C29H33BrN4O6S/c1-20(2)31-29(36)27(16-22-9-6-5-7-10-22)32(18-23-11-8-12-24(30)15-23)28(35)19-33(41(4,39)40)26-17-25(34(37)38)14-13-21(26)3/h5-15,17,20,27H,16,18-19H2,1-4H3,(H,31,36). The molecule has 2 amide bonds. The van der Waals surface area contributed by atoms with Crippen LogP contribution in [0, 0.1) is 17.0 Å². The Kier molecular flexibility index (Phi) is 10.6. The summed E-state index contributed by atoms with van der Waals surface area (Å²) in [5, 5.41) is 14.3. The van der Waals surface area contributed by atoms with E-state index in [4.69, 9.17) is 0 Å². The van der Waals surface area contributed by atoms with Crippen LogP contribution in [-0.2, 0) is 32.6 Å². The second-order valence-electron chi connectivity index (χ2n) is 10.0. The molecule has 0 bridgehead atoms. The zero-order chi connectivity index (χ0) is 30.3. The van der Waals surface area contributed by atoms with E-state index >= 15 is 0 Å². The van der Waals surface area contributed by atoms with Gasteiger partial charge in [0.25, 0.3) is 5.69 Å². The minimum absolute atomic E-state index is 0.0173. The van der Waals surface area contributed by atoms with Crippen LogP contribution in [0.25, 0.3) is 0 Å². The molecule has 0 aliphatic rings. The first-order valence-electron chi connectivity index (χ1n) is 12.9. The Morgan fingerprint density at radius 3 is 2.24 bits per heavy atom. The average molecular weight is 646 g/mol. The van der Waals surface area contributed by atoms with Gasteiger partial charge in [-0.2, -0.15) is 0 Å². The molecule has 10 nitrogen and oxygen atoms in total. The van der Waals surface area contributed by atoms with Crippen molar-refractivity contribution in [2.75, 3.05) is 17.1 Å². The molecule has 3 aromatic rings. The number of carbonyl (C=O) groups is 2. The molecule has 0 radical (unpaired) electrons. The van der Waals surface area contributed by atoms with Crippen LogP contribution in [0.1, 0.15) is 30.5 Å². The topological polar surface area (TPSA) is 130 Å². The smallest absolute Gasteiger partial charge is 0.271 e. The number of nitro groups is 1. The van der Waals surface area contributed by atoms with Crippen molar-refractivity contribution in [1.29, 1.82) is 0 Å². The summed E-state index contributed by atoms with van der Waals surface area (Å²) in [5.41, 5.74) is 1.68. The van der Waals surface area contributed by atoms with E-state index in [1.807, 2.05) is 62.4 Å². The van der Waals surface area contributed by atoms with Crippen molar-refractivity contribution in [3.8, 4) is 0 Å². The summed E-state index contributed by atoms with van der Waals surface area (Å²) in [5.74, 6) is -1.02. The lowest BCUT2D eigenvalue weighted by Crippen LogP contribution is -2.54. The number of hydrogen-bond donors (Lipinski definition) is 1. The Morgan fingerprint density at radius 1 is 1.00 bits per heavy atom. The number of amides is 2. The first-order valence-corrected chi connectivity index (χ1v) is 15.5. The first-order chi connectivity index (χ1) is 19.3. The van der Waals surface area contributed by atoms with Crippen LogP contribution >= 0.6 is 15.9 Å². The van der Waals surface area contributed by atoms with Gasteiger partial charge in [-0.05, 0) is 49.6 Å². The van der Waals surface area contributed by atoms with Crippen LogP contribution < -0.4 is 9.62 Å². The minimum atomic E-state index is -4.06. The number of nitro benzene ring substituents is 1. The van der Waals surface area contributed by atoms with Gasteiger partial charge in [-0.3, -0.25) is 24.0 Å². The van der Waals surface area contributed by atoms with Crippen LogP contribution in [0.2, 0.25) is 0 Å². The summed E-state index contributed by atoms with van der Waals surface area (Å²) in [7, 11) is -4.06. The van der Waals surface area contributed by atoms with Crippen molar-refractivity contribution in [2.45, 2.75) is 45.8 Å². The van der Waals surface area contributed by atoms with Gasteiger partial charge in [-0.25, -0.2) is 8.42 Å². The van der Waals surface area contributed by atoms with Crippen molar-refractivity contribution in [1.82, 2.24) is 10.2 Å². The summed E-state index contributed by atoms with van der Waals surface area (Å²) in [6.07, 6.45) is 1.12. The number of nitrogens with one attached hydrogen (secondary N) is 1. The lowest BCUT2D eigenvalue weighted by molar-refractivity contribution is -0.384. The lowest BCUT2D eigenvalue weighted by atomic mass is 10.0. The van der Waals surface area contributed by atoms with E-state index in [1.54, 1.807) is 13.0 Å². The number of non-ortho nitro benzene ring substituents is 1. The van der Waals surface area contributed by atoms with E-state index in [0.29, 0.717) is 5.56 Å². The second-order valence-corrected chi connectivity index (χ2v) is 12.8. The highest BCUT2D eigenvalue weighted by Crippen LogP contribution is 2.28. The number of rotatable bonds is 12. The van der Waals surface area contributed by atoms with Crippen LogP contribution in [0.15, 0.2) is 77.3 Å². The predicted molar refractivity (Wildman–Crippen MR) is 162 cm³/mol. The fourth-order valence-corrected chi connectivity index (χ4v) is 5.69. The minimum Gasteiger partial charge on any atom is -0.352 e. The van der Waals surface area contributed by atoms with Crippen LogP contribution in [-0.4, -0.2) is 54.9 Å². The number of sulfonamides is 1. The highest BCUT2D eigenvalue weighted by molar-refractivity contribution is 9.10. The Balaban J connectivity index is 2.11. The van der Waals surface area contributed by atoms with Crippen molar-refractivity contribution in [2.24, 2.45) is 0 Å². The van der Waals surface area contributed by atoms with Gasteiger partial charge in [-0.1, -0.05) is 64.5 Å². The van der Waals surface area contributed by atoms with Gasteiger partial charge in [0.15, 0.2) is 0 Å². The molecule has 218 valence electrons. The molecule has 0 saturated heterocycles. The molecule has 41 heavy (non-hydrogen) atoms. The van der Waals surface area contributed by atoms with E-state index < -0.39 is 33.4 Å². The van der Waals surface area contributed by atoms with Gasteiger partial charge in [0, 0.05) is 35.6 Å². The van der Waals surface area contributed by atoms with Crippen LogP contribution in [0.3, 0.4) is 0 Å². The molecule has 1 atom stereocenters. The molecule has 12 heteroatoms. The molecule has 0 saturated carbocycles. The van der Waals surface area contributed by atoms with E-state index in [9.17, 15) is 28.1 Å². The number of halogens is 1. The van der Waals surface area contributed by atoms with Gasteiger partial charge >= 0.3 is 0 Å². The molecule has 0 aliphatic heterocycles. The second kappa shape index (κ2) is 13.7. The highest BCUT2D eigenvalue weighted by atomic mass is 79.9. The Morgan fingerprint density at radius 2 is 1.66 bits per heavy atom. The van der Waals surface area contributed by atoms with Crippen molar-refractivity contribution in [3.63, 3.8) is 0 Å². The van der Waals surface area contributed by atoms with Crippen LogP contribution in [0.5, 0.6) is 0 Å². The number of anilines is 1. The molecular formula is C29H33BrN4O6S. The maximum atomic E-state index is 14.1. The Bertz CT molecular complexity index is 1510. The molecule has 0 fully saturated rings. The molecule has 3 rings (SSSR count). The van der Waals surface area contributed by atoms with Crippen molar-refractivity contribution in [3.05, 3.63) is 104 Å². The van der Waals surface area contributed by atoms with Gasteiger partial charge in [-0.15, -0.1) is 0 Å². The largest absolute Gasteiger partial charge is 0.352 e. The van der Waals surface area contributed by atoms with E-state index in [1.165, 1.54) is 17.0 Å². The molecule has 1 unspecified atom stereocenters. The van der Waals surface area contributed by atoms with Crippen LogP contribution in [0.4, 0.5) is 11.4 Å². The summed E-state index contributed by atoms with van der Waals surface area (Å²) >= 11 is 3.44. The Hall–Kier alpha value is -3.77. The number of benzene rings is 3. The molecular weight excluding hydrogens is 612 g/mol. The maximum Gasteiger partial charge on any atom is 0.271 e. The molecule has 1 N–H and O–H groups in total. The molecule has 0 heterocycles. The fourth-order valence-electron chi connectivity index (χ4n) is 4.34. The van der Waals surface area contributed by atoms with E-state index in [-0.39, 0.29) is 36.3 Å². The van der Waals surface area contributed by atoms with Gasteiger partial charge in [0.05, 0.1) is 16.9 Å². The van der Waals surface area contributed by atoms with E-state index in [2.05, 4.69) is 21.2 Å². The van der Waals surface area contributed by atoms with Crippen molar-refractivity contribution < 1.29 is 22.9 Å². The third-order valence-corrected chi connectivity index (χ3v) is 7.92. The summed E-state index contributed by atoms with van der Waals surface area (Å²) in [6.45, 7) is 4.60. The SMILES string of the molecule is Cc1ccc([N+](=O)[O-])cc1N(CC(=O)N(Cc1cccc(Br)c1)C(Cc1ccccc1)C(=O)NC(C)C)S(C)(=O)=O. The maximum absolute atomic E-state index is 14.1. The third-order valence-electron chi connectivity index (χ3n) is 6.30. The first kappa shape index (κ1) is 31.8. The fraction of sp³-hybridized carbons (Fsp3) is 0.310. The lowest BCUT2D eigenvalue weighted by Gasteiger charge is -2.34. The molecule has 3 aromatic carbocycles. The quantitative estimate of drug-likeness (QED) is 0.227. The van der Waals surface area contributed by atoms with Gasteiger partial charge in [0.1, 0.15) is 12.6 Å². The van der Waals surface area contributed by atoms with Gasteiger partial charge < -0.3 is 10.2 Å². The highest BCUT2D eigenvalue weighted by Gasteiger charge is 2.34. The normalized spacial score (nSPS) is 12.0. The third kappa shape index (κ3) is 8.86. The number of aryl methyl sites for hydroxylation is 1. The molecule has 0 aliphatic carbocycles.